The molecule has 0 aliphatic carbocycles. The van der Waals surface area contributed by atoms with Crippen molar-refractivity contribution >= 4 is 17.4 Å². The molecule has 0 spiro atoms. The third kappa shape index (κ3) is 4.68. The number of hydrogen-bond acceptors (Lipinski definition) is 5. The molecule has 0 aliphatic heterocycles. The summed E-state index contributed by atoms with van der Waals surface area (Å²) in [5, 5.41) is 7.54. The first-order chi connectivity index (χ1) is 10.8. The van der Waals surface area contributed by atoms with Crippen LogP contribution in [-0.2, 0) is 25.7 Å². The zero-order chi connectivity index (χ0) is 17.0. The summed E-state index contributed by atoms with van der Waals surface area (Å²) in [5.41, 5.74) is -0.162. The quantitative estimate of drug-likeness (QED) is 0.901. The maximum absolute atomic E-state index is 12.5. The van der Waals surface area contributed by atoms with Crippen molar-refractivity contribution in [3.05, 3.63) is 33.6 Å². The van der Waals surface area contributed by atoms with Gasteiger partial charge >= 0.3 is 12.2 Å². The van der Waals surface area contributed by atoms with E-state index < -0.39 is 17.9 Å². The summed E-state index contributed by atoms with van der Waals surface area (Å²) in [7, 11) is 1.47. The number of nitrogens with one attached hydrogen (secondary N) is 1. The molecule has 0 bridgehead atoms. The van der Waals surface area contributed by atoms with Crippen molar-refractivity contribution in [1.29, 1.82) is 0 Å². The SMILES string of the molecule is CCc1cc(CNC(=O)N(C)Cc2nc(C(F)(F)F)cs2)on1. The lowest BCUT2D eigenvalue weighted by Gasteiger charge is -2.15. The van der Waals surface area contributed by atoms with Crippen LogP contribution in [0.4, 0.5) is 18.0 Å². The fraction of sp³-hybridized carbons (Fsp3) is 0.462. The van der Waals surface area contributed by atoms with Gasteiger partial charge in [-0.05, 0) is 6.42 Å². The van der Waals surface area contributed by atoms with Gasteiger partial charge in [-0.3, -0.25) is 0 Å². The number of thiazole rings is 1. The number of urea groups is 1. The molecule has 0 saturated heterocycles. The molecule has 2 rings (SSSR count). The van der Waals surface area contributed by atoms with E-state index in [1.807, 2.05) is 6.92 Å². The minimum Gasteiger partial charge on any atom is -0.359 e. The molecule has 23 heavy (non-hydrogen) atoms. The highest BCUT2D eigenvalue weighted by Gasteiger charge is 2.33. The van der Waals surface area contributed by atoms with Crippen LogP contribution in [-0.4, -0.2) is 28.1 Å². The average molecular weight is 348 g/mol. The smallest absolute Gasteiger partial charge is 0.359 e. The highest BCUT2D eigenvalue weighted by molar-refractivity contribution is 7.09. The number of alkyl halides is 3. The van der Waals surface area contributed by atoms with E-state index in [1.165, 1.54) is 11.9 Å². The number of amides is 2. The average Bonchev–Trinajstić information content (AvgIpc) is 3.12. The highest BCUT2D eigenvalue weighted by atomic mass is 32.1. The number of carbonyl (C=O) groups is 1. The van der Waals surface area contributed by atoms with E-state index >= 15 is 0 Å². The first-order valence-corrected chi connectivity index (χ1v) is 7.62. The fourth-order valence-corrected chi connectivity index (χ4v) is 2.55. The van der Waals surface area contributed by atoms with Crippen molar-refractivity contribution in [3.8, 4) is 0 Å². The Bertz CT molecular complexity index is 668. The lowest BCUT2D eigenvalue weighted by molar-refractivity contribution is -0.140. The molecule has 2 aromatic rings. The molecule has 6 nitrogen and oxygen atoms in total. The summed E-state index contributed by atoms with van der Waals surface area (Å²) in [6, 6.07) is 1.29. The molecule has 2 aromatic heterocycles. The summed E-state index contributed by atoms with van der Waals surface area (Å²) in [6.07, 6.45) is -3.75. The maximum atomic E-state index is 12.5. The number of halogens is 3. The molecule has 10 heteroatoms. The molecular formula is C13H15F3N4O2S. The van der Waals surface area contributed by atoms with Gasteiger partial charge in [0.25, 0.3) is 0 Å². The van der Waals surface area contributed by atoms with Crippen LogP contribution < -0.4 is 5.32 Å². The van der Waals surface area contributed by atoms with Crippen LogP contribution in [0.1, 0.15) is 29.1 Å². The lowest BCUT2D eigenvalue weighted by atomic mass is 10.3. The van der Waals surface area contributed by atoms with Gasteiger partial charge in [0.05, 0.1) is 18.8 Å². The van der Waals surface area contributed by atoms with Gasteiger partial charge in [-0.1, -0.05) is 12.1 Å². The zero-order valence-electron chi connectivity index (χ0n) is 12.5. The fourth-order valence-electron chi connectivity index (χ4n) is 1.69. The number of rotatable bonds is 5. The first kappa shape index (κ1) is 17.3. The van der Waals surface area contributed by atoms with Gasteiger partial charge in [0.1, 0.15) is 5.01 Å². The van der Waals surface area contributed by atoms with Gasteiger partial charge in [0.15, 0.2) is 11.5 Å². The van der Waals surface area contributed by atoms with Crippen LogP contribution in [0, 0.1) is 0 Å². The summed E-state index contributed by atoms with van der Waals surface area (Å²) < 4.78 is 42.4. The normalized spacial score (nSPS) is 11.5. The van der Waals surface area contributed by atoms with E-state index in [9.17, 15) is 18.0 Å². The number of aryl methyl sites for hydroxylation is 1. The predicted octanol–water partition coefficient (Wildman–Crippen LogP) is 3.05. The van der Waals surface area contributed by atoms with Gasteiger partial charge in [-0.15, -0.1) is 11.3 Å². The molecule has 1 N–H and O–H groups in total. The second-order valence-electron chi connectivity index (χ2n) is 4.78. The Hall–Kier alpha value is -2.10. The van der Waals surface area contributed by atoms with E-state index in [4.69, 9.17) is 4.52 Å². The van der Waals surface area contributed by atoms with Gasteiger partial charge in [0, 0.05) is 18.5 Å². The standard InChI is InChI=1S/C13H15F3N4O2S/c1-3-8-4-9(22-19-8)5-17-12(21)20(2)6-11-18-10(7-23-11)13(14,15)16/h4,7H,3,5-6H2,1-2H3,(H,17,21). The third-order valence-corrected chi connectivity index (χ3v) is 3.78. The Morgan fingerprint density at radius 3 is 2.78 bits per heavy atom. The topological polar surface area (TPSA) is 71.3 Å². The summed E-state index contributed by atoms with van der Waals surface area (Å²) in [5.74, 6) is 0.511. The van der Waals surface area contributed by atoms with Gasteiger partial charge in [0.2, 0.25) is 0 Å². The molecule has 0 aromatic carbocycles. The second kappa shape index (κ2) is 6.99. The summed E-state index contributed by atoms with van der Waals surface area (Å²) in [6.45, 7) is 2.07. The Balaban J connectivity index is 1.86. The molecule has 2 amide bonds. The van der Waals surface area contributed by atoms with Crippen LogP contribution in [0.2, 0.25) is 0 Å². The summed E-state index contributed by atoms with van der Waals surface area (Å²) in [4.78, 5) is 16.6. The van der Waals surface area contributed by atoms with Crippen molar-refractivity contribution in [3.63, 3.8) is 0 Å². The van der Waals surface area contributed by atoms with Crippen LogP contribution in [0.15, 0.2) is 16.0 Å². The van der Waals surface area contributed by atoms with E-state index in [0.717, 1.165) is 28.8 Å². The van der Waals surface area contributed by atoms with Gasteiger partial charge in [-0.25, -0.2) is 9.78 Å². The molecule has 2 heterocycles. The van der Waals surface area contributed by atoms with E-state index in [0.29, 0.717) is 5.76 Å². The maximum Gasteiger partial charge on any atom is 0.434 e. The van der Waals surface area contributed by atoms with Gasteiger partial charge < -0.3 is 14.7 Å². The van der Waals surface area contributed by atoms with E-state index in [2.05, 4.69) is 15.5 Å². The van der Waals surface area contributed by atoms with Crippen molar-refractivity contribution in [2.24, 2.45) is 0 Å². The van der Waals surface area contributed by atoms with Crippen molar-refractivity contribution in [1.82, 2.24) is 20.4 Å². The van der Waals surface area contributed by atoms with E-state index in [-0.39, 0.29) is 18.1 Å². The molecular weight excluding hydrogens is 333 g/mol. The minimum absolute atomic E-state index is 0.0107. The predicted molar refractivity (Wildman–Crippen MR) is 76.7 cm³/mol. The third-order valence-electron chi connectivity index (χ3n) is 2.95. The molecule has 0 radical (unpaired) electrons. The molecule has 0 saturated carbocycles. The number of nitrogens with zero attached hydrogens (tertiary/aromatic N) is 3. The van der Waals surface area contributed by atoms with Crippen LogP contribution >= 0.6 is 11.3 Å². The van der Waals surface area contributed by atoms with Crippen molar-refractivity contribution < 1.29 is 22.5 Å². The van der Waals surface area contributed by atoms with Crippen LogP contribution in [0.25, 0.3) is 0 Å². The van der Waals surface area contributed by atoms with Crippen LogP contribution in [0.3, 0.4) is 0 Å². The number of hydrogen-bond donors (Lipinski definition) is 1. The molecule has 0 aliphatic rings. The van der Waals surface area contributed by atoms with Crippen molar-refractivity contribution in [2.45, 2.75) is 32.6 Å². The zero-order valence-corrected chi connectivity index (χ0v) is 13.3. The Morgan fingerprint density at radius 1 is 1.48 bits per heavy atom. The Morgan fingerprint density at radius 2 is 2.22 bits per heavy atom. The lowest BCUT2D eigenvalue weighted by Crippen LogP contribution is -2.36. The Labute approximate surface area is 134 Å². The van der Waals surface area contributed by atoms with E-state index in [1.54, 1.807) is 6.07 Å². The largest absolute Gasteiger partial charge is 0.434 e. The second-order valence-corrected chi connectivity index (χ2v) is 5.72. The molecule has 126 valence electrons. The monoisotopic (exact) mass is 348 g/mol. The molecule has 0 unspecified atom stereocenters. The highest BCUT2D eigenvalue weighted by Crippen LogP contribution is 2.30. The number of aromatic nitrogens is 2. The van der Waals surface area contributed by atoms with Gasteiger partial charge in [-0.2, -0.15) is 13.2 Å². The Kier molecular flexibility index (Phi) is 5.24. The molecule has 0 atom stereocenters. The summed E-state index contributed by atoms with van der Waals surface area (Å²) >= 11 is 0.862. The molecule has 0 fully saturated rings. The number of carbonyl (C=O) groups excluding carboxylic acids is 1. The van der Waals surface area contributed by atoms with Crippen molar-refractivity contribution in [2.75, 3.05) is 7.05 Å². The first-order valence-electron chi connectivity index (χ1n) is 6.74. The van der Waals surface area contributed by atoms with Crippen LogP contribution in [0.5, 0.6) is 0 Å². The minimum atomic E-state index is -4.47.